The van der Waals surface area contributed by atoms with E-state index in [2.05, 4.69) is 24.4 Å². The molecule has 3 fully saturated rings. The second-order valence-corrected chi connectivity index (χ2v) is 6.83. The number of nitrogens with two attached hydrogens (primary N) is 1. The lowest BCUT2D eigenvalue weighted by atomic mass is 9.80. The molecule has 21 heavy (non-hydrogen) atoms. The van der Waals surface area contributed by atoms with Crippen molar-refractivity contribution in [3.63, 3.8) is 0 Å². The quantitative estimate of drug-likeness (QED) is 0.838. The van der Waals surface area contributed by atoms with Gasteiger partial charge in [0.15, 0.2) is 0 Å². The Morgan fingerprint density at radius 1 is 1.19 bits per heavy atom. The van der Waals surface area contributed by atoms with E-state index in [1.54, 1.807) is 0 Å². The summed E-state index contributed by atoms with van der Waals surface area (Å²) >= 11 is 0. The van der Waals surface area contributed by atoms with Crippen molar-refractivity contribution in [3.8, 4) is 5.75 Å². The number of aryl methyl sites for hydroxylation is 1. The van der Waals surface area contributed by atoms with Gasteiger partial charge in [0.1, 0.15) is 5.75 Å². The van der Waals surface area contributed by atoms with Crippen LogP contribution in [0.25, 0.3) is 0 Å². The van der Waals surface area contributed by atoms with Gasteiger partial charge in [0.05, 0.1) is 25.0 Å². The van der Waals surface area contributed by atoms with E-state index >= 15 is 0 Å². The monoisotopic (exact) mass is 288 g/mol. The first-order valence-electron chi connectivity index (χ1n) is 8.09. The third-order valence-corrected chi connectivity index (χ3v) is 4.90. The maximum Gasteiger partial charge on any atom is 0.142 e. The number of hydrogen-bond donors (Lipinski definition) is 2. The molecule has 3 N–H and O–H groups in total. The van der Waals surface area contributed by atoms with Crippen LogP contribution in [-0.2, 0) is 4.74 Å². The summed E-state index contributed by atoms with van der Waals surface area (Å²) in [6.45, 7) is 3.85. The summed E-state index contributed by atoms with van der Waals surface area (Å²) in [4.78, 5) is 0. The molecule has 0 spiro atoms. The highest BCUT2D eigenvalue weighted by atomic mass is 16.5. The number of anilines is 1. The number of ether oxygens (including phenoxy) is 2. The summed E-state index contributed by atoms with van der Waals surface area (Å²) in [5, 5.41) is 3.66. The van der Waals surface area contributed by atoms with Gasteiger partial charge in [0.25, 0.3) is 0 Å². The Morgan fingerprint density at radius 2 is 1.90 bits per heavy atom. The molecule has 0 amide bonds. The first-order valence-corrected chi connectivity index (χ1v) is 8.09. The molecule has 1 aromatic carbocycles. The molecule has 0 radical (unpaired) electrons. The number of morpholine rings is 1. The maximum absolute atomic E-state index is 6.13. The van der Waals surface area contributed by atoms with Crippen LogP contribution in [0.3, 0.4) is 0 Å². The van der Waals surface area contributed by atoms with E-state index in [1.165, 1.54) is 11.1 Å². The third kappa shape index (κ3) is 2.74. The second-order valence-electron chi connectivity index (χ2n) is 6.83. The van der Waals surface area contributed by atoms with Crippen molar-refractivity contribution in [3.05, 3.63) is 23.3 Å². The molecule has 1 saturated carbocycles. The SMILES string of the molecule is Cc1cc(N)c(OC2CC2)cc1C1CC2COCC(C1)N2. The van der Waals surface area contributed by atoms with Crippen LogP contribution in [0.2, 0.25) is 0 Å². The number of piperidine rings is 1. The number of rotatable bonds is 3. The van der Waals surface area contributed by atoms with E-state index in [0.29, 0.717) is 24.1 Å². The van der Waals surface area contributed by atoms with E-state index < -0.39 is 0 Å². The molecular weight excluding hydrogens is 264 g/mol. The molecule has 114 valence electrons. The molecule has 2 aliphatic heterocycles. The normalized spacial score (nSPS) is 32.0. The minimum Gasteiger partial charge on any atom is -0.488 e. The second kappa shape index (κ2) is 5.18. The Hall–Kier alpha value is -1.26. The van der Waals surface area contributed by atoms with Gasteiger partial charge < -0.3 is 20.5 Å². The van der Waals surface area contributed by atoms with Crippen molar-refractivity contribution >= 4 is 5.69 Å². The van der Waals surface area contributed by atoms with Gasteiger partial charge in [-0.15, -0.1) is 0 Å². The summed E-state index contributed by atoms with van der Waals surface area (Å²) in [6.07, 6.45) is 5.01. The Balaban J connectivity index is 1.60. The van der Waals surface area contributed by atoms with E-state index in [1.807, 2.05) is 0 Å². The molecule has 2 unspecified atom stereocenters. The number of hydrogen-bond acceptors (Lipinski definition) is 4. The first kappa shape index (κ1) is 13.4. The zero-order chi connectivity index (χ0) is 14.4. The van der Waals surface area contributed by atoms with E-state index in [-0.39, 0.29) is 0 Å². The molecule has 1 aliphatic carbocycles. The summed E-state index contributed by atoms with van der Waals surface area (Å²) < 4.78 is 11.6. The number of benzene rings is 1. The largest absolute Gasteiger partial charge is 0.488 e. The fraction of sp³-hybridized carbons (Fsp3) is 0.647. The molecule has 4 nitrogen and oxygen atoms in total. The fourth-order valence-electron chi connectivity index (χ4n) is 3.72. The molecule has 4 rings (SSSR count). The average Bonchev–Trinajstić information content (AvgIpc) is 3.25. The molecule has 0 aromatic heterocycles. The smallest absolute Gasteiger partial charge is 0.142 e. The van der Waals surface area contributed by atoms with Crippen LogP contribution < -0.4 is 15.8 Å². The van der Waals surface area contributed by atoms with E-state index in [0.717, 1.165) is 50.3 Å². The number of nitrogens with one attached hydrogen (secondary N) is 1. The summed E-state index contributed by atoms with van der Waals surface area (Å²) in [5.74, 6) is 1.48. The van der Waals surface area contributed by atoms with Crippen molar-refractivity contribution in [2.45, 2.75) is 56.7 Å². The Kier molecular flexibility index (Phi) is 3.31. The average molecular weight is 288 g/mol. The maximum atomic E-state index is 6.13. The number of nitrogen functional groups attached to an aromatic ring is 1. The summed E-state index contributed by atoms with van der Waals surface area (Å²) in [5.41, 5.74) is 9.62. The predicted octanol–water partition coefficient (Wildman–Crippen LogP) is 2.35. The third-order valence-electron chi connectivity index (χ3n) is 4.90. The zero-order valence-corrected chi connectivity index (χ0v) is 12.6. The highest BCUT2D eigenvalue weighted by Gasteiger charge is 2.33. The molecule has 1 aromatic rings. The number of fused-ring (bicyclic) bond motifs is 2. The van der Waals surface area contributed by atoms with Crippen LogP contribution in [-0.4, -0.2) is 31.4 Å². The highest BCUT2D eigenvalue weighted by Crippen LogP contribution is 2.39. The lowest BCUT2D eigenvalue weighted by Crippen LogP contribution is -2.53. The first-order chi connectivity index (χ1) is 10.2. The van der Waals surface area contributed by atoms with Gasteiger partial charge in [0, 0.05) is 12.1 Å². The van der Waals surface area contributed by atoms with Gasteiger partial charge in [-0.2, -0.15) is 0 Å². The van der Waals surface area contributed by atoms with Gasteiger partial charge >= 0.3 is 0 Å². The molecule has 2 atom stereocenters. The van der Waals surface area contributed by atoms with Crippen LogP contribution in [0.5, 0.6) is 5.75 Å². The predicted molar refractivity (Wildman–Crippen MR) is 82.7 cm³/mol. The van der Waals surface area contributed by atoms with Crippen LogP contribution in [0.1, 0.15) is 42.7 Å². The Morgan fingerprint density at radius 3 is 2.57 bits per heavy atom. The van der Waals surface area contributed by atoms with Crippen LogP contribution in [0, 0.1) is 6.92 Å². The van der Waals surface area contributed by atoms with Gasteiger partial charge in [-0.1, -0.05) is 0 Å². The van der Waals surface area contributed by atoms with Gasteiger partial charge in [-0.25, -0.2) is 0 Å². The summed E-state index contributed by atoms with van der Waals surface area (Å²) in [7, 11) is 0. The fourth-order valence-corrected chi connectivity index (χ4v) is 3.72. The van der Waals surface area contributed by atoms with Crippen molar-refractivity contribution in [2.24, 2.45) is 0 Å². The Bertz CT molecular complexity index is 530. The lowest BCUT2D eigenvalue weighted by Gasteiger charge is -2.40. The van der Waals surface area contributed by atoms with E-state index in [4.69, 9.17) is 15.2 Å². The lowest BCUT2D eigenvalue weighted by molar-refractivity contribution is 0.0179. The molecule has 2 saturated heterocycles. The van der Waals surface area contributed by atoms with Crippen LogP contribution in [0.4, 0.5) is 5.69 Å². The minimum absolute atomic E-state index is 0.392. The van der Waals surface area contributed by atoms with Crippen molar-refractivity contribution in [1.29, 1.82) is 0 Å². The molecule has 3 aliphatic rings. The van der Waals surface area contributed by atoms with Gasteiger partial charge in [-0.3, -0.25) is 0 Å². The highest BCUT2D eigenvalue weighted by molar-refractivity contribution is 5.57. The minimum atomic E-state index is 0.392. The van der Waals surface area contributed by atoms with Gasteiger partial charge in [-0.05, 0) is 61.8 Å². The van der Waals surface area contributed by atoms with Crippen LogP contribution >= 0.6 is 0 Å². The molecular formula is C17H24N2O2. The zero-order valence-electron chi connectivity index (χ0n) is 12.6. The topological polar surface area (TPSA) is 56.5 Å². The van der Waals surface area contributed by atoms with E-state index in [9.17, 15) is 0 Å². The van der Waals surface area contributed by atoms with Crippen molar-refractivity contribution < 1.29 is 9.47 Å². The van der Waals surface area contributed by atoms with Crippen molar-refractivity contribution in [2.75, 3.05) is 18.9 Å². The summed E-state index contributed by atoms with van der Waals surface area (Å²) in [6, 6.07) is 5.27. The molecule has 2 bridgehead atoms. The molecule has 4 heteroatoms. The standard InChI is InChI=1S/C17H24N2O2/c1-10-4-16(18)17(21-14-2-3-14)7-15(10)11-5-12-8-20-9-13(6-11)19-12/h4,7,11-14,19H,2-3,5-6,8-9,18H2,1H3. The van der Waals surface area contributed by atoms with Gasteiger partial charge in [0.2, 0.25) is 0 Å². The van der Waals surface area contributed by atoms with Crippen LogP contribution in [0.15, 0.2) is 12.1 Å². The Labute approximate surface area is 126 Å². The van der Waals surface area contributed by atoms with Crippen molar-refractivity contribution in [1.82, 2.24) is 5.32 Å². The molecule has 2 heterocycles.